The summed E-state index contributed by atoms with van der Waals surface area (Å²) in [5.74, 6) is 1.03. The van der Waals surface area contributed by atoms with Crippen molar-refractivity contribution < 1.29 is 19.0 Å². The molecule has 2 rings (SSSR count). The topological polar surface area (TPSA) is 44.8 Å². The molecule has 2 aromatic carbocycles. The maximum atomic E-state index is 11.5. The van der Waals surface area contributed by atoms with Crippen LogP contribution in [-0.4, -0.2) is 19.2 Å². The largest absolute Gasteiger partial charge is 0.493 e. The van der Waals surface area contributed by atoms with Gasteiger partial charge in [-0.15, -0.1) is 0 Å². The highest BCUT2D eigenvalue weighted by Crippen LogP contribution is 2.26. The lowest BCUT2D eigenvalue weighted by Crippen LogP contribution is -2.00. The molecule has 0 aliphatic rings. The van der Waals surface area contributed by atoms with E-state index in [4.69, 9.17) is 14.2 Å². The summed E-state index contributed by atoms with van der Waals surface area (Å²) >= 11 is 0. The summed E-state index contributed by atoms with van der Waals surface area (Å²) in [6, 6.07) is 15.5. The molecule has 0 saturated heterocycles. The highest BCUT2D eigenvalue weighted by Gasteiger charge is 2.05. The van der Waals surface area contributed by atoms with Gasteiger partial charge < -0.3 is 14.2 Å². The number of hydrogen-bond donors (Lipinski definition) is 0. The van der Waals surface area contributed by atoms with Crippen LogP contribution in [0.4, 0.5) is 0 Å². The lowest BCUT2D eigenvalue weighted by molar-refractivity contribution is -0.137. The van der Waals surface area contributed by atoms with Gasteiger partial charge in [0.2, 0.25) is 0 Å². The van der Waals surface area contributed by atoms with E-state index in [-0.39, 0.29) is 5.97 Å². The Kier molecular flexibility index (Phi) is 6.90. The van der Waals surface area contributed by atoms with Gasteiger partial charge in [0, 0.05) is 11.6 Å². The standard InChI is InChI=1S/C20H22O4/c1-3-22-19-12-11-18(24-15-16-8-6-5-7-9-16)14-17(19)10-13-20(21)23-4-2/h5-14H,3-4,15H2,1-2H3. The lowest BCUT2D eigenvalue weighted by atomic mass is 10.1. The van der Waals surface area contributed by atoms with Crippen molar-refractivity contribution in [2.75, 3.05) is 13.2 Å². The molecule has 0 atom stereocenters. The SMILES string of the molecule is CCOC(=O)C=Cc1cc(OCc2ccccc2)ccc1OCC. The van der Waals surface area contributed by atoms with Crippen molar-refractivity contribution in [2.24, 2.45) is 0 Å². The Morgan fingerprint density at radius 1 is 1.00 bits per heavy atom. The second-order valence-corrected chi connectivity index (χ2v) is 4.99. The summed E-state index contributed by atoms with van der Waals surface area (Å²) in [5.41, 5.74) is 1.87. The number of carbonyl (C=O) groups is 1. The summed E-state index contributed by atoms with van der Waals surface area (Å²) in [7, 11) is 0. The van der Waals surface area contributed by atoms with E-state index in [0.29, 0.717) is 31.3 Å². The first-order valence-corrected chi connectivity index (χ1v) is 8.01. The third-order valence-electron chi connectivity index (χ3n) is 3.21. The van der Waals surface area contributed by atoms with Crippen molar-refractivity contribution in [2.45, 2.75) is 20.5 Å². The van der Waals surface area contributed by atoms with Crippen LogP contribution in [0.2, 0.25) is 0 Å². The van der Waals surface area contributed by atoms with Gasteiger partial charge in [0.15, 0.2) is 0 Å². The van der Waals surface area contributed by atoms with Crippen LogP contribution in [0.3, 0.4) is 0 Å². The Labute approximate surface area is 142 Å². The Morgan fingerprint density at radius 2 is 1.79 bits per heavy atom. The zero-order chi connectivity index (χ0) is 17.2. The van der Waals surface area contributed by atoms with Crippen LogP contribution >= 0.6 is 0 Å². The van der Waals surface area contributed by atoms with E-state index in [1.807, 2.05) is 55.5 Å². The molecule has 2 aromatic rings. The third kappa shape index (κ3) is 5.47. The number of hydrogen-bond acceptors (Lipinski definition) is 4. The average Bonchev–Trinajstić information content (AvgIpc) is 2.61. The van der Waals surface area contributed by atoms with E-state index in [2.05, 4.69) is 0 Å². The minimum absolute atomic E-state index is 0.349. The number of carbonyl (C=O) groups excluding carboxylic acids is 1. The second-order valence-electron chi connectivity index (χ2n) is 4.99. The van der Waals surface area contributed by atoms with Crippen molar-refractivity contribution in [3.05, 3.63) is 65.7 Å². The predicted octanol–water partition coefficient (Wildman–Crippen LogP) is 4.24. The summed E-state index contributed by atoms with van der Waals surface area (Å²) < 4.78 is 16.3. The zero-order valence-corrected chi connectivity index (χ0v) is 14.0. The smallest absolute Gasteiger partial charge is 0.330 e. The molecule has 0 radical (unpaired) electrons. The highest BCUT2D eigenvalue weighted by molar-refractivity contribution is 5.87. The molecule has 0 amide bonds. The predicted molar refractivity (Wildman–Crippen MR) is 94.1 cm³/mol. The maximum Gasteiger partial charge on any atom is 0.330 e. The molecular formula is C20H22O4. The molecule has 0 bridgehead atoms. The first kappa shape index (κ1) is 17.6. The molecule has 4 nitrogen and oxygen atoms in total. The minimum Gasteiger partial charge on any atom is -0.493 e. The Hall–Kier alpha value is -2.75. The zero-order valence-electron chi connectivity index (χ0n) is 14.0. The van der Waals surface area contributed by atoms with E-state index in [0.717, 1.165) is 11.1 Å². The van der Waals surface area contributed by atoms with Gasteiger partial charge in [0.05, 0.1) is 13.2 Å². The van der Waals surface area contributed by atoms with Crippen LogP contribution in [0.1, 0.15) is 25.0 Å². The Balaban J connectivity index is 2.12. The van der Waals surface area contributed by atoms with Gasteiger partial charge in [-0.25, -0.2) is 4.79 Å². The summed E-state index contributed by atoms with van der Waals surface area (Å²) in [6.45, 7) is 5.07. The minimum atomic E-state index is -0.379. The average molecular weight is 326 g/mol. The molecule has 0 heterocycles. The fourth-order valence-electron chi connectivity index (χ4n) is 2.12. The number of rotatable bonds is 8. The van der Waals surface area contributed by atoms with Crippen molar-refractivity contribution in [3.8, 4) is 11.5 Å². The van der Waals surface area contributed by atoms with E-state index in [1.54, 1.807) is 13.0 Å². The molecule has 24 heavy (non-hydrogen) atoms. The van der Waals surface area contributed by atoms with Gasteiger partial charge in [0.25, 0.3) is 0 Å². The highest BCUT2D eigenvalue weighted by atomic mass is 16.5. The molecule has 0 aliphatic carbocycles. The fraction of sp³-hybridized carbons (Fsp3) is 0.250. The quantitative estimate of drug-likeness (QED) is 0.537. The summed E-state index contributed by atoms with van der Waals surface area (Å²) in [4.78, 5) is 11.5. The summed E-state index contributed by atoms with van der Waals surface area (Å²) in [6.07, 6.45) is 3.07. The molecule has 0 fully saturated rings. The van der Waals surface area contributed by atoms with E-state index in [1.165, 1.54) is 6.08 Å². The summed E-state index contributed by atoms with van der Waals surface area (Å²) in [5, 5.41) is 0. The fourth-order valence-corrected chi connectivity index (χ4v) is 2.12. The van der Waals surface area contributed by atoms with Crippen LogP contribution in [0, 0.1) is 0 Å². The van der Waals surface area contributed by atoms with Crippen LogP contribution in [0.5, 0.6) is 11.5 Å². The first-order valence-electron chi connectivity index (χ1n) is 8.01. The molecule has 0 N–H and O–H groups in total. The van der Waals surface area contributed by atoms with Gasteiger partial charge in [-0.05, 0) is 43.7 Å². The molecule has 0 aliphatic heterocycles. The van der Waals surface area contributed by atoms with Gasteiger partial charge in [0.1, 0.15) is 18.1 Å². The monoisotopic (exact) mass is 326 g/mol. The van der Waals surface area contributed by atoms with Crippen molar-refractivity contribution in [1.82, 2.24) is 0 Å². The maximum absolute atomic E-state index is 11.5. The van der Waals surface area contributed by atoms with Gasteiger partial charge >= 0.3 is 5.97 Å². The molecule has 4 heteroatoms. The Bertz CT molecular complexity index is 677. The van der Waals surface area contributed by atoms with Crippen molar-refractivity contribution in [3.63, 3.8) is 0 Å². The first-order chi connectivity index (χ1) is 11.7. The molecule has 0 saturated carbocycles. The van der Waals surface area contributed by atoms with E-state index in [9.17, 15) is 4.79 Å². The molecule has 0 spiro atoms. The van der Waals surface area contributed by atoms with Crippen LogP contribution < -0.4 is 9.47 Å². The lowest BCUT2D eigenvalue weighted by Gasteiger charge is -2.11. The molecule has 0 aromatic heterocycles. The van der Waals surface area contributed by atoms with E-state index >= 15 is 0 Å². The third-order valence-corrected chi connectivity index (χ3v) is 3.21. The molecule has 126 valence electrons. The number of benzene rings is 2. The Morgan fingerprint density at radius 3 is 2.50 bits per heavy atom. The molecular weight excluding hydrogens is 304 g/mol. The van der Waals surface area contributed by atoms with Crippen LogP contribution in [0.25, 0.3) is 6.08 Å². The van der Waals surface area contributed by atoms with Gasteiger partial charge in [-0.3, -0.25) is 0 Å². The van der Waals surface area contributed by atoms with Crippen LogP contribution in [-0.2, 0) is 16.1 Å². The second kappa shape index (κ2) is 9.40. The van der Waals surface area contributed by atoms with Crippen molar-refractivity contribution >= 4 is 12.0 Å². The van der Waals surface area contributed by atoms with Crippen LogP contribution in [0.15, 0.2) is 54.6 Å². The number of ether oxygens (including phenoxy) is 3. The van der Waals surface area contributed by atoms with Gasteiger partial charge in [-0.2, -0.15) is 0 Å². The van der Waals surface area contributed by atoms with Gasteiger partial charge in [-0.1, -0.05) is 30.3 Å². The van der Waals surface area contributed by atoms with Crippen molar-refractivity contribution in [1.29, 1.82) is 0 Å². The normalized spacial score (nSPS) is 10.6. The van der Waals surface area contributed by atoms with E-state index < -0.39 is 0 Å². The number of esters is 1. The molecule has 0 unspecified atom stereocenters.